The Kier molecular flexibility index (Phi) is 1.83. The molecule has 0 aliphatic heterocycles. The Morgan fingerprint density at radius 2 is 2.15 bits per heavy atom. The minimum Gasteiger partial charge on any atom is -0.423 e. The predicted octanol–water partition coefficient (Wildman–Crippen LogP) is -0.747. The van der Waals surface area contributed by atoms with Crippen molar-refractivity contribution in [2.24, 2.45) is 7.05 Å². The minimum atomic E-state index is -1.45. The van der Waals surface area contributed by atoms with E-state index in [0.717, 1.165) is 11.0 Å². The Labute approximate surface area is 75.6 Å². The van der Waals surface area contributed by atoms with Gasteiger partial charge in [-0.1, -0.05) is 12.1 Å². The Balaban J connectivity index is 2.80. The van der Waals surface area contributed by atoms with E-state index in [2.05, 4.69) is 4.98 Å². The third-order valence-electron chi connectivity index (χ3n) is 2.05. The number of aryl methyl sites for hydroxylation is 1. The maximum absolute atomic E-state index is 9.08. The lowest BCUT2D eigenvalue weighted by Gasteiger charge is -2.02. The van der Waals surface area contributed by atoms with Crippen molar-refractivity contribution < 1.29 is 10.0 Å². The Hall–Kier alpha value is -1.33. The van der Waals surface area contributed by atoms with E-state index in [0.29, 0.717) is 5.46 Å². The highest BCUT2D eigenvalue weighted by atomic mass is 16.4. The SMILES string of the molecule is Cn1cnc2cccc(B(O)O)c21. The Morgan fingerprint density at radius 1 is 1.38 bits per heavy atom. The van der Waals surface area contributed by atoms with E-state index in [-0.39, 0.29) is 0 Å². The van der Waals surface area contributed by atoms with Gasteiger partial charge in [-0.25, -0.2) is 4.98 Å². The van der Waals surface area contributed by atoms with Gasteiger partial charge in [0.25, 0.3) is 0 Å². The number of hydrogen-bond donors (Lipinski definition) is 2. The molecule has 66 valence electrons. The van der Waals surface area contributed by atoms with Gasteiger partial charge in [0.05, 0.1) is 17.4 Å². The zero-order chi connectivity index (χ0) is 9.42. The fraction of sp³-hybridized carbons (Fsp3) is 0.125. The molecule has 2 aromatic rings. The van der Waals surface area contributed by atoms with E-state index in [9.17, 15) is 0 Å². The summed E-state index contributed by atoms with van der Waals surface area (Å²) in [4.78, 5) is 4.10. The maximum atomic E-state index is 9.08. The van der Waals surface area contributed by atoms with E-state index in [1.807, 2.05) is 13.1 Å². The van der Waals surface area contributed by atoms with Crippen molar-refractivity contribution >= 4 is 23.6 Å². The smallest absolute Gasteiger partial charge is 0.423 e. The summed E-state index contributed by atoms with van der Waals surface area (Å²) in [5.41, 5.74) is 2.02. The van der Waals surface area contributed by atoms with Gasteiger partial charge in [-0.15, -0.1) is 0 Å². The van der Waals surface area contributed by atoms with Gasteiger partial charge in [0.15, 0.2) is 0 Å². The van der Waals surface area contributed by atoms with Gasteiger partial charge >= 0.3 is 7.12 Å². The monoisotopic (exact) mass is 176 g/mol. The van der Waals surface area contributed by atoms with Crippen LogP contribution in [0.25, 0.3) is 11.0 Å². The fourth-order valence-corrected chi connectivity index (χ4v) is 1.45. The van der Waals surface area contributed by atoms with E-state index >= 15 is 0 Å². The van der Waals surface area contributed by atoms with Gasteiger partial charge in [-0.05, 0) is 6.07 Å². The van der Waals surface area contributed by atoms with Crippen LogP contribution in [0.15, 0.2) is 24.5 Å². The highest BCUT2D eigenvalue weighted by molar-refractivity contribution is 6.61. The number of imidazole rings is 1. The first-order chi connectivity index (χ1) is 6.20. The summed E-state index contributed by atoms with van der Waals surface area (Å²) in [7, 11) is 0.375. The fourth-order valence-electron chi connectivity index (χ4n) is 1.45. The van der Waals surface area contributed by atoms with Crippen LogP contribution in [0, 0.1) is 0 Å². The van der Waals surface area contributed by atoms with Crippen molar-refractivity contribution in [1.82, 2.24) is 9.55 Å². The lowest BCUT2D eigenvalue weighted by Crippen LogP contribution is -2.31. The van der Waals surface area contributed by atoms with Crippen LogP contribution in [0.5, 0.6) is 0 Å². The molecule has 0 bridgehead atoms. The topological polar surface area (TPSA) is 58.3 Å². The van der Waals surface area contributed by atoms with E-state index in [1.54, 1.807) is 23.0 Å². The lowest BCUT2D eigenvalue weighted by atomic mass is 9.79. The van der Waals surface area contributed by atoms with Gasteiger partial charge in [0, 0.05) is 12.5 Å². The Morgan fingerprint density at radius 3 is 2.85 bits per heavy atom. The molecule has 1 aromatic carbocycles. The highest BCUT2D eigenvalue weighted by Crippen LogP contribution is 2.08. The van der Waals surface area contributed by atoms with Crippen LogP contribution in [-0.2, 0) is 7.05 Å². The highest BCUT2D eigenvalue weighted by Gasteiger charge is 2.16. The molecule has 0 radical (unpaired) electrons. The number of rotatable bonds is 1. The van der Waals surface area contributed by atoms with Crippen molar-refractivity contribution in [2.45, 2.75) is 0 Å². The van der Waals surface area contributed by atoms with Gasteiger partial charge in [0.1, 0.15) is 0 Å². The predicted molar refractivity (Wildman–Crippen MR) is 50.5 cm³/mol. The molecule has 0 aliphatic rings. The molecule has 0 amide bonds. The van der Waals surface area contributed by atoms with Crippen LogP contribution in [0.4, 0.5) is 0 Å². The first-order valence-electron chi connectivity index (χ1n) is 3.96. The summed E-state index contributed by atoms with van der Waals surface area (Å²) >= 11 is 0. The molecule has 0 unspecified atom stereocenters. The Bertz CT molecular complexity index is 439. The second-order valence-corrected chi connectivity index (χ2v) is 2.94. The molecule has 2 rings (SSSR count). The molecule has 1 heterocycles. The molecule has 5 heteroatoms. The zero-order valence-corrected chi connectivity index (χ0v) is 7.18. The number of para-hydroxylation sites is 1. The summed E-state index contributed by atoms with van der Waals surface area (Å²) in [6, 6.07) is 5.26. The molecule has 0 atom stereocenters. The van der Waals surface area contributed by atoms with E-state index < -0.39 is 7.12 Å². The summed E-state index contributed by atoms with van der Waals surface area (Å²) < 4.78 is 1.77. The number of hydrogen-bond acceptors (Lipinski definition) is 3. The average Bonchev–Trinajstić information content (AvgIpc) is 2.48. The molecule has 0 spiro atoms. The van der Waals surface area contributed by atoms with Crippen LogP contribution >= 0.6 is 0 Å². The maximum Gasteiger partial charge on any atom is 0.490 e. The molecule has 0 fully saturated rings. The van der Waals surface area contributed by atoms with Crippen molar-refractivity contribution in [3.63, 3.8) is 0 Å². The van der Waals surface area contributed by atoms with Crippen LogP contribution in [-0.4, -0.2) is 26.7 Å². The number of benzene rings is 1. The average molecular weight is 176 g/mol. The van der Waals surface area contributed by atoms with Crippen molar-refractivity contribution in [3.8, 4) is 0 Å². The van der Waals surface area contributed by atoms with Crippen LogP contribution in [0.2, 0.25) is 0 Å². The van der Waals surface area contributed by atoms with Gasteiger partial charge < -0.3 is 14.6 Å². The first kappa shape index (κ1) is 8.28. The minimum absolute atomic E-state index is 0.484. The molecule has 0 saturated heterocycles. The number of nitrogens with zero attached hydrogens (tertiary/aromatic N) is 2. The van der Waals surface area contributed by atoms with Gasteiger partial charge in [-0.2, -0.15) is 0 Å². The zero-order valence-electron chi connectivity index (χ0n) is 7.18. The number of fused-ring (bicyclic) bond motifs is 1. The summed E-state index contributed by atoms with van der Waals surface area (Å²) in [5.74, 6) is 0. The van der Waals surface area contributed by atoms with Crippen LogP contribution < -0.4 is 5.46 Å². The third kappa shape index (κ3) is 1.22. The lowest BCUT2D eigenvalue weighted by molar-refractivity contribution is 0.426. The summed E-state index contributed by atoms with van der Waals surface area (Å²) in [5, 5.41) is 18.2. The summed E-state index contributed by atoms with van der Waals surface area (Å²) in [6.07, 6.45) is 1.65. The summed E-state index contributed by atoms with van der Waals surface area (Å²) in [6.45, 7) is 0. The molecule has 0 aliphatic carbocycles. The number of aromatic nitrogens is 2. The van der Waals surface area contributed by atoms with Gasteiger partial charge in [0.2, 0.25) is 0 Å². The van der Waals surface area contributed by atoms with Crippen molar-refractivity contribution in [2.75, 3.05) is 0 Å². The molecule has 1 aromatic heterocycles. The largest absolute Gasteiger partial charge is 0.490 e. The quantitative estimate of drug-likeness (QED) is 0.562. The van der Waals surface area contributed by atoms with Crippen LogP contribution in [0.3, 0.4) is 0 Å². The van der Waals surface area contributed by atoms with Crippen molar-refractivity contribution in [3.05, 3.63) is 24.5 Å². The van der Waals surface area contributed by atoms with Crippen LogP contribution in [0.1, 0.15) is 0 Å². The van der Waals surface area contributed by atoms with E-state index in [1.165, 1.54) is 0 Å². The standard InChI is InChI=1S/C8H9BN2O2/c1-11-5-10-7-4-2-3-6(8(7)11)9(12)13/h2-5,12-13H,1H3. The van der Waals surface area contributed by atoms with E-state index in [4.69, 9.17) is 10.0 Å². The normalized spacial score (nSPS) is 10.7. The third-order valence-corrected chi connectivity index (χ3v) is 2.05. The molecular formula is C8H9BN2O2. The molecule has 0 saturated carbocycles. The molecule has 4 nitrogen and oxygen atoms in total. The van der Waals surface area contributed by atoms with Crippen molar-refractivity contribution in [1.29, 1.82) is 0 Å². The molecule has 2 N–H and O–H groups in total. The second-order valence-electron chi connectivity index (χ2n) is 2.94. The molecular weight excluding hydrogens is 167 g/mol. The first-order valence-corrected chi connectivity index (χ1v) is 3.96. The second kappa shape index (κ2) is 2.87. The molecule has 13 heavy (non-hydrogen) atoms. The van der Waals surface area contributed by atoms with Gasteiger partial charge in [-0.3, -0.25) is 0 Å².